The van der Waals surface area contributed by atoms with Crippen molar-refractivity contribution >= 4 is 0 Å². The lowest BCUT2D eigenvalue weighted by atomic mass is 9.99. The van der Waals surface area contributed by atoms with Crippen molar-refractivity contribution < 1.29 is 0 Å². The average Bonchev–Trinajstić information content (AvgIpc) is 2.63. The molecule has 0 aliphatic carbocycles. The Balaban J connectivity index is 2.20. The van der Waals surface area contributed by atoms with Gasteiger partial charge in [-0.05, 0) is 19.4 Å². The van der Waals surface area contributed by atoms with Crippen molar-refractivity contribution in [3.8, 4) is 0 Å². The third-order valence-electron chi connectivity index (χ3n) is 2.88. The highest BCUT2D eigenvalue weighted by molar-refractivity contribution is 5.30. The summed E-state index contributed by atoms with van der Waals surface area (Å²) in [6.45, 7) is 4.18. The van der Waals surface area contributed by atoms with Gasteiger partial charge in [0.25, 0.3) is 0 Å². The van der Waals surface area contributed by atoms with Crippen molar-refractivity contribution in [1.29, 1.82) is 0 Å². The second-order valence-electron chi connectivity index (χ2n) is 4.53. The molecule has 0 saturated carbocycles. The Kier molecular flexibility index (Phi) is 3.24. The van der Waals surface area contributed by atoms with Crippen molar-refractivity contribution in [3.05, 3.63) is 47.0 Å². The molecule has 1 heterocycles. The smallest absolute Gasteiger partial charge is 0.138 e. The molecule has 1 aromatic carbocycles. The van der Waals surface area contributed by atoms with Crippen LogP contribution in [0.15, 0.2) is 24.5 Å². The minimum absolute atomic E-state index is 0.0310. The zero-order chi connectivity index (χ0) is 12.4. The molecule has 1 atom stereocenters. The summed E-state index contributed by atoms with van der Waals surface area (Å²) in [6.07, 6.45) is 2.27. The van der Waals surface area contributed by atoms with Crippen LogP contribution in [-0.2, 0) is 13.5 Å². The van der Waals surface area contributed by atoms with E-state index in [4.69, 9.17) is 5.73 Å². The second-order valence-corrected chi connectivity index (χ2v) is 4.53. The fourth-order valence-electron chi connectivity index (χ4n) is 2.04. The molecule has 2 N–H and O–H groups in total. The predicted octanol–water partition coefficient (Wildman–Crippen LogP) is 1.67. The molecule has 0 saturated heterocycles. The summed E-state index contributed by atoms with van der Waals surface area (Å²) in [4.78, 5) is 4.20. The molecule has 90 valence electrons. The molecule has 0 aliphatic rings. The van der Waals surface area contributed by atoms with Gasteiger partial charge < -0.3 is 5.73 Å². The van der Waals surface area contributed by atoms with Gasteiger partial charge in [0.15, 0.2) is 0 Å². The second kappa shape index (κ2) is 4.67. The van der Waals surface area contributed by atoms with Gasteiger partial charge >= 0.3 is 0 Å². The van der Waals surface area contributed by atoms with Gasteiger partial charge in [-0.2, -0.15) is 5.10 Å². The zero-order valence-corrected chi connectivity index (χ0v) is 10.5. The lowest BCUT2D eigenvalue weighted by Crippen LogP contribution is -2.16. The van der Waals surface area contributed by atoms with Crippen molar-refractivity contribution in [2.75, 3.05) is 0 Å². The summed E-state index contributed by atoms with van der Waals surface area (Å²) < 4.78 is 1.77. The van der Waals surface area contributed by atoms with Crippen molar-refractivity contribution in [2.24, 2.45) is 12.8 Å². The molecule has 1 unspecified atom stereocenters. The van der Waals surface area contributed by atoms with Crippen LogP contribution in [-0.4, -0.2) is 14.8 Å². The Morgan fingerprint density at radius 3 is 2.41 bits per heavy atom. The van der Waals surface area contributed by atoms with Crippen molar-refractivity contribution in [1.82, 2.24) is 14.8 Å². The summed E-state index contributed by atoms with van der Waals surface area (Å²) in [7, 11) is 1.89. The summed E-state index contributed by atoms with van der Waals surface area (Å²) in [6, 6.07) is 6.39. The normalized spacial score (nSPS) is 12.7. The van der Waals surface area contributed by atoms with E-state index in [2.05, 4.69) is 42.1 Å². The van der Waals surface area contributed by atoms with Gasteiger partial charge in [0.2, 0.25) is 0 Å². The van der Waals surface area contributed by atoms with E-state index in [9.17, 15) is 0 Å². The summed E-state index contributed by atoms with van der Waals surface area (Å²) >= 11 is 0. The Morgan fingerprint density at radius 1 is 1.24 bits per heavy atom. The monoisotopic (exact) mass is 230 g/mol. The van der Waals surface area contributed by atoms with Gasteiger partial charge in [-0.15, -0.1) is 0 Å². The first-order chi connectivity index (χ1) is 8.06. The van der Waals surface area contributed by atoms with E-state index >= 15 is 0 Å². The maximum absolute atomic E-state index is 6.21. The molecular weight excluding hydrogens is 212 g/mol. The van der Waals surface area contributed by atoms with Gasteiger partial charge in [0.05, 0.1) is 0 Å². The number of aryl methyl sites for hydroxylation is 3. The largest absolute Gasteiger partial charge is 0.324 e. The molecular formula is C13H18N4. The number of nitrogens with zero attached hydrogens (tertiary/aromatic N) is 3. The first-order valence-corrected chi connectivity index (χ1v) is 5.73. The van der Waals surface area contributed by atoms with Crippen LogP contribution in [0.4, 0.5) is 0 Å². The highest BCUT2D eigenvalue weighted by Crippen LogP contribution is 2.17. The van der Waals surface area contributed by atoms with E-state index in [0.29, 0.717) is 6.42 Å². The Morgan fingerprint density at radius 2 is 1.88 bits per heavy atom. The maximum atomic E-state index is 6.21. The van der Waals surface area contributed by atoms with Crippen molar-refractivity contribution in [3.63, 3.8) is 0 Å². The van der Waals surface area contributed by atoms with Gasteiger partial charge in [0.1, 0.15) is 12.2 Å². The first kappa shape index (κ1) is 11.8. The Labute approximate surface area is 101 Å². The SMILES string of the molecule is Cc1cc(C)cc(C(N)Cc2ncnn2C)c1. The van der Waals surface area contributed by atoms with Crippen LogP contribution >= 0.6 is 0 Å². The quantitative estimate of drug-likeness (QED) is 0.872. The van der Waals surface area contributed by atoms with Gasteiger partial charge in [-0.1, -0.05) is 29.3 Å². The average molecular weight is 230 g/mol. The molecule has 2 rings (SSSR count). The molecule has 0 spiro atoms. The van der Waals surface area contributed by atoms with Crippen molar-refractivity contribution in [2.45, 2.75) is 26.3 Å². The molecule has 17 heavy (non-hydrogen) atoms. The van der Waals surface area contributed by atoms with Crippen LogP contribution in [0, 0.1) is 13.8 Å². The number of aromatic nitrogens is 3. The predicted molar refractivity (Wildman–Crippen MR) is 67.6 cm³/mol. The van der Waals surface area contributed by atoms with Crippen LogP contribution in [0.3, 0.4) is 0 Å². The first-order valence-electron chi connectivity index (χ1n) is 5.73. The van der Waals surface area contributed by atoms with E-state index in [0.717, 1.165) is 11.4 Å². The summed E-state index contributed by atoms with van der Waals surface area (Å²) in [5.74, 6) is 0.914. The molecule has 0 radical (unpaired) electrons. The van der Waals surface area contributed by atoms with E-state index in [1.807, 2.05) is 7.05 Å². The summed E-state index contributed by atoms with van der Waals surface area (Å²) in [5.41, 5.74) is 9.86. The zero-order valence-electron chi connectivity index (χ0n) is 10.5. The Bertz CT molecular complexity index is 496. The van der Waals surface area contributed by atoms with Crippen LogP contribution in [0.5, 0.6) is 0 Å². The number of benzene rings is 1. The fourth-order valence-corrected chi connectivity index (χ4v) is 2.04. The van der Waals surface area contributed by atoms with Crippen LogP contribution in [0.25, 0.3) is 0 Å². The number of rotatable bonds is 3. The van der Waals surface area contributed by atoms with Crippen LogP contribution in [0.1, 0.15) is 28.6 Å². The topological polar surface area (TPSA) is 56.7 Å². The van der Waals surface area contributed by atoms with E-state index < -0.39 is 0 Å². The maximum Gasteiger partial charge on any atom is 0.138 e. The third-order valence-corrected chi connectivity index (χ3v) is 2.88. The van der Waals surface area contributed by atoms with Crippen LogP contribution in [0.2, 0.25) is 0 Å². The molecule has 4 heteroatoms. The molecule has 0 bridgehead atoms. The van der Waals surface area contributed by atoms with E-state index in [1.54, 1.807) is 11.0 Å². The third kappa shape index (κ3) is 2.71. The van der Waals surface area contributed by atoms with E-state index in [1.165, 1.54) is 11.1 Å². The number of hydrogen-bond acceptors (Lipinski definition) is 3. The lowest BCUT2D eigenvalue weighted by Gasteiger charge is -2.13. The number of nitrogens with two attached hydrogens (primary N) is 1. The van der Waals surface area contributed by atoms with E-state index in [-0.39, 0.29) is 6.04 Å². The minimum atomic E-state index is -0.0310. The lowest BCUT2D eigenvalue weighted by molar-refractivity contribution is 0.629. The molecule has 4 nitrogen and oxygen atoms in total. The fraction of sp³-hybridized carbons (Fsp3) is 0.385. The molecule has 0 fully saturated rings. The standard InChI is InChI=1S/C13H18N4/c1-9-4-10(2)6-11(5-9)12(14)7-13-15-8-16-17(13)3/h4-6,8,12H,7,14H2,1-3H3. The Hall–Kier alpha value is -1.68. The van der Waals surface area contributed by atoms with Crippen LogP contribution < -0.4 is 5.73 Å². The summed E-state index contributed by atoms with van der Waals surface area (Å²) in [5, 5.41) is 4.05. The molecule has 0 amide bonds. The van der Waals surface area contributed by atoms with Gasteiger partial charge in [-0.25, -0.2) is 4.98 Å². The minimum Gasteiger partial charge on any atom is -0.324 e. The van der Waals surface area contributed by atoms with Gasteiger partial charge in [-0.3, -0.25) is 4.68 Å². The highest BCUT2D eigenvalue weighted by atomic mass is 15.3. The number of hydrogen-bond donors (Lipinski definition) is 1. The molecule has 2 aromatic rings. The highest BCUT2D eigenvalue weighted by Gasteiger charge is 2.11. The van der Waals surface area contributed by atoms with Gasteiger partial charge in [0, 0.05) is 19.5 Å². The molecule has 0 aliphatic heterocycles. The molecule has 1 aromatic heterocycles.